The Morgan fingerprint density at radius 1 is 1.47 bits per heavy atom. The van der Waals surface area contributed by atoms with Crippen LogP contribution in [0.4, 0.5) is 0 Å². The summed E-state index contributed by atoms with van der Waals surface area (Å²) in [5.41, 5.74) is -0.237. The molecule has 0 radical (unpaired) electrons. The molecule has 0 spiro atoms. The monoisotopic (exact) mass is 234 g/mol. The largest absolute Gasteiger partial charge is 0.461 e. The van der Waals surface area contributed by atoms with Gasteiger partial charge in [0, 0.05) is 11.8 Å². The molecular weight excluding hydrogens is 216 g/mol. The number of esters is 1. The van der Waals surface area contributed by atoms with Gasteiger partial charge < -0.3 is 14.6 Å². The Morgan fingerprint density at radius 3 is 2.73 bits per heavy atom. The van der Waals surface area contributed by atoms with Crippen molar-refractivity contribution >= 4 is 17.7 Å². The predicted octanol–water partition coefficient (Wildman–Crippen LogP) is 1.03. The summed E-state index contributed by atoms with van der Waals surface area (Å²) in [6, 6.07) is 0. The van der Waals surface area contributed by atoms with Gasteiger partial charge in [-0.25, -0.2) is 4.79 Å². The first-order chi connectivity index (χ1) is 6.90. The van der Waals surface area contributed by atoms with Crippen molar-refractivity contribution in [3.63, 3.8) is 0 Å². The first-order valence-electron chi connectivity index (χ1n) is 4.92. The smallest absolute Gasteiger partial charge is 0.366 e. The molecule has 4 nitrogen and oxygen atoms in total. The van der Waals surface area contributed by atoms with Gasteiger partial charge >= 0.3 is 5.97 Å². The third kappa shape index (κ3) is 3.36. The molecule has 0 saturated carbocycles. The molecule has 1 unspecified atom stereocenters. The van der Waals surface area contributed by atoms with Crippen LogP contribution in [0.2, 0.25) is 0 Å². The lowest BCUT2D eigenvalue weighted by Gasteiger charge is -2.24. The van der Waals surface area contributed by atoms with Crippen molar-refractivity contribution in [3.05, 3.63) is 0 Å². The standard InChI is InChI=1S/C10H18O4S/c1-9(2)6-13-8(11)10(12,14-7-9)4-5-15-3/h12H,4-7H2,1-3H3. The third-order valence-corrected chi connectivity index (χ3v) is 2.87. The summed E-state index contributed by atoms with van der Waals surface area (Å²) in [5, 5.41) is 9.97. The topological polar surface area (TPSA) is 55.8 Å². The molecule has 0 amide bonds. The van der Waals surface area contributed by atoms with Crippen LogP contribution < -0.4 is 0 Å². The molecule has 88 valence electrons. The average molecular weight is 234 g/mol. The molecule has 0 aromatic carbocycles. The van der Waals surface area contributed by atoms with E-state index in [1.807, 2.05) is 20.1 Å². The van der Waals surface area contributed by atoms with E-state index in [9.17, 15) is 9.90 Å². The van der Waals surface area contributed by atoms with Gasteiger partial charge in [0.2, 0.25) is 0 Å². The minimum Gasteiger partial charge on any atom is -0.461 e. The minimum absolute atomic E-state index is 0.237. The number of hydrogen-bond donors (Lipinski definition) is 1. The van der Waals surface area contributed by atoms with Crippen LogP contribution in [0.5, 0.6) is 0 Å². The van der Waals surface area contributed by atoms with E-state index in [1.54, 1.807) is 11.8 Å². The molecule has 0 aromatic heterocycles. The van der Waals surface area contributed by atoms with Crippen molar-refractivity contribution in [1.82, 2.24) is 0 Å². The summed E-state index contributed by atoms with van der Waals surface area (Å²) >= 11 is 1.55. The fraction of sp³-hybridized carbons (Fsp3) is 0.900. The molecule has 0 bridgehead atoms. The highest BCUT2D eigenvalue weighted by Crippen LogP contribution is 2.27. The SMILES string of the molecule is CSCCC1(O)OCC(C)(C)COC1=O. The summed E-state index contributed by atoms with van der Waals surface area (Å²) in [4.78, 5) is 11.5. The molecule has 1 aliphatic rings. The minimum atomic E-state index is -1.75. The molecule has 5 heteroatoms. The Morgan fingerprint density at radius 2 is 2.13 bits per heavy atom. The molecule has 0 aromatic rings. The van der Waals surface area contributed by atoms with E-state index in [4.69, 9.17) is 9.47 Å². The van der Waals surface area contributed by atoms with Crippen molar-refractivity contribution in [2.45, 2.75) is 26.1 Å². The zero-order chi connectivity index (χ0) is 11.5. The molecule has 0 aliphatic carbocycles. The molecule has 1 N–H and O–H groups in total. The van der Waals surface area contributed by atoms with Crippen LogP contribution in [0, 0.1) is 5.41 Å². The summed E-state index contributed by atoms with van der Waals surface area (Å²) in [6.07, 6.45) is 2.18. The molecule has 1 saturated heterocycles. The first-order valence-corrected chi connectivity index (χ1v) is 6.31. The maximum absolute atomic E-state index is 11.5. The van der Waals surface area contributed by atoms with Gasteiger partial charge in [-0.05, 0) is 12.0 Å². The van der Waals surface area contributed by atoms with Crippen LogP contribution in [-0.4, -0.2) is 42.1 Å². The summed E-state index contributed by atoms with van der Waals surface area (Å²) < 4.78 is 10.3. The van der Waals surface area contributed by atoms with Crippen molar-refractivity contribution in [3.8, 4) is 0 Å². The lowest BCUT2D eigenvalue weighted by molar-refractivity contribution is -0.221. The second kappa shape index (κ2) is 4.72. The maximum atomic E-state index is 11.5. The molecule has 1 fully saturated rings. The van der Waals surface area contributed by atoms with Crippen molar-refractivity contribution < 1.29 is 19.4 Å². The Bertz CT molecular complexity index is 242. The Labute approximate surface area is 94.3 Å². The fourth-order valence-corrected chi connectivity index (χ4v) is 1.68. The van der Waals surface area contributed by atoms with E-state index >= 15 is 0 Å². The number of thioether (sulfide) groups is 1. The quantitative estimate of drug-likeness (QED) is 0.739. The van der Waals surface area contributed by atoms with Crippen LogP contribution in [-0.2, 0) is 14.3 Å². The molecule has 15 heavy (non-hydrogen) atoms. The normalized spacial score (nSPS) is 30.8. The summed E-state index contributed by atoms with van der Waals surface area (Å²) in [5.74, 6) is -1.76. The van der Waals surface area contributed by atoms with Crippen LogP contribution in [0.1, 0.15) is 20.3 Å². The number of hydrogen-bond acceptors (Lipinski definition) is 5. The molecular formula is C10H18O4S. The van der Waals surface area contributed by atoms with Gasteiger partial charge in [-0.1, -0.05) is 13.8 Å². The van der Waals surface area contributed by atoms with Gasteiger partial charge in [0.15, 0.2) is 0 Å². The Kier molecular flexibility index (Phi) is 4.03. The Balaban J connectivity index is 2.67. The summed E-state index contributed by atoms with van der Waals surface area (Å²) in [7, 11) is 0. The van der Waals surface area contributed by atoms with Gasteiger partial charge in [0.25, 0.3) is 5.79 Å². The van der Waals surface area contributed by atoms with Crippen LogP contribution in [0.3, 0.4) is 0 Å². The molecule has 1 heterocycles. The number of rotatable bonds is 3. The Hall–Kier alpha value is -0.260. The van der Waals surface area contributed by atoms with E-state index in [-0.39, 0.29) is 18.4 Å². The highest BCUT2D eigenvalue weighted by Gasteiger charge is 2.43. The maximum Gasteiger partial charge on any atom is 0.366 e. The highest BCUT2D eigenvalue weighted by molar-refractivity contribution is 7.98. The number of cyclic esters (lactones) is 1. The molecule has 1 aliphatic heterocycles. The number of carbonyl (C=O) groups excluding carboxylic acids is 1. The average Bonchev–Trinajstić information content (AvgIpc) is 2.28. The van der Waals surface area contributed by atoms with E-state index in [2.05, 4.69) is 0 Å². The number of ether oxygens (including phenoxy) is 2. The lowest BCUT2D eigenvalue weighted by atomic mass is 9.97. The molecule has 1 rings (SSSR count). The van der Waals surface area contributed by atoms with Gasteiger partial charge in [-0.2, -0.15) is 11.8 Å². The van der Waals surface area contributed by atoms with Crippen LogP contribution in [0.15, 0.2) is 0 Å². The van der Waals surface area contributed by atoms with Gasteiger partial charge in [0.05, 0.1) is 13.2 Å². The van der Waals surface area contributed by atoms with Crippen molar-refractivity contribution in [1.29, 1.82) is 0 Å². The van der Waals surface area contributed by atoms with E-state index in [0.717, 1.165) is 0 Å². The van der Waals surface area contributed by atoms with Gasteiger partial charge in [-0.3, -0.25) is 0 Å². The van der Waals surface area contributed by atoms with Gasteiger partial charge in [0.1, 0.15) is 0 Å². The zero-order valence-corrected chi connectivity index (χ0v) is 10.2. The van der Waals surface area contributed by atoms with Crippen molar-refractivity contribution in [2.75, 3.05) is 25.2 Å². The van der Waals surface area contributed by atoms with E-state index in [0.29, 0.717) is 12.4 Å². The first kappa shape index (κ1) is 12.8. The zero-order valence-electron chi connectivity index (χ0n) is 9.41. The van der Waals surface area contributed by atoms with Crippen molar-refractivity contribution in [2.24, 2.45) is 5.41 Å². The summed E-state index contributed by atoms with van der Waals surface area (Å²) in [6.45, 7) is 4.47. The number of carbonyl (C=O) groups is 1. The number of aliphatic hydroxyl groups is 1. The van der Waals surface area contributed by atoms with Crippen LogP contribution in [0.25, 0.3) is 0 Å². The van der Waals surface area contributed by atoms with E-state index in [1.165, 1.54) is 0 Å². The lowest BCUT2D eigenvalue weighted by Crippen LogP contribution is -2.42. The molecule has 1 atom stereocenters. The fourth-order valence-electron chi connectivity index (χ4n) is 1.20. The second-order valence-electron chi connectivity index (χ2n) is 4.56. The van der Waals surface area contributed by atoms with Crippen LogP contribution >= 0.6 is 11.8 Å². The van der Waals surface area contributed by atoms with Gasteiger partial charge in [-0.15, -0.1) is 0 Å². The highest BCUT2D eigenvalue weighted by atomic mass is 32.2. The van der Waals surface area contributed by atoms with E-state index < -0.39 is 11.8 Å². The second-order valence-corrected chi connectivity index (χ2v) is 5.54. The predicted molar refractivity (Wildman–Crippen MR) is 58.6 cm³/mol. The third-order valence-electron chi connectivity index (χ3n) is 2.26.